The number of halogens is 40. The maximum atomic E-state index is 13.7. The van der Waals surface area contributed by atoms with Crippen molar-refractivity contribution in [3.63, 3.8) is 0 Å². The summed E-state index contributed by atoms with van der Waals surface area (Å²) in [4.78, 5) is 115. The van der Waals surface area contributed by atoms with Crippen molar-refractivity contribution in [3.8, 4) is 54.7 Å². The van der Waals surface area contributed by atoms with Crippen molar-refractivity contribution in [2.24, 2.45) is 49.4 Å². The molecule has 0 bridgehead atoms. The van der Waals surface area contributed by atoms with Crippen LogP contribution in [-0.4, -0.2) is 162 Å². The second-order valence-electron chi connectivity index (χ2n) is 29.1. The second kappa shape index (κ2) is 80.6. The smallest absolute Gasteiger partial charge is 0.252 e. The Morgan fingerprint density at radius 1 is 0.486 bits per heavy atom. The van der Waals surface area contributed by atoms with Crippen LogP contribution in [0.2, 0.25) is 0 Å². The van der Waals surface area contributed by atoms with E-state index in [0.29, 0.717) is 57.3 Å². The van der Waals surface area contributed by atoms with Crippen LogP contribution in [0.5, 0.6) is 0 Å². The van der Waals surface area contributed by atoms with Crippen molar-refractivity contribution in [2.75, 3.05) is 48.7 Å². The van der Waals surface area contributed by atoms with E-state index in [1.807, 2.05) is 0 Å². The number of azo groups is 2. The number of carboxylic acid groups (broad SMARTS) is 1. The van der Waals surface area contributed by atoms with Crippen LogP contribution in [0.3, 0.4) is 0 Å². The van der Waals surface area contributed by atoms with Gasteiger partial charge in [-0.3, -0.25) is 38.4 Å². The summed E-state index contributed by atoms with van der Waals surface area (Å²) in [5.41, 5.74) is 3.48. The standard InChI is InChI=1S/C23H22F3N5O3.C22H21F3N6O3.C15H14FN3O4.C7H9F2N3.C6H2.4CH4.ClH.I23.I7.4H2S/c1-13-16(20(33)29-15-2-3-17(24)14(8-15)10-27)5-7-31(13)21(34)18(32)9-22(11-23(25,26)12-22)19-4-6-28-30-19;1-12-15(19(33)28-14-2-3-16(23)13(6-14)8-26)4-5-31(12)20(34)17(32)7-21(10-22(24,25)11-21)18-9-27-30-29-18;1-8-11(4-5-19(8)14(21)15(22)23)13(20)18-10-2-3-12(16)9(6-10)7-17;8-7(9)3-6(10,4-7)5-1-2-11-12-5;1-3-5-6-4-2;;;;;;1-13-15(4)17(6)19(8)21(10)23(12)22(11)20(9)18(7)16(5)14(2)3;1-5-7(4)6(2)3;;;;/h2-4,8,13,16H,5-7,9,11-12H2,1H3,(H,29,33);2-3,6,9,12,15H,4-5,7,10-11H2,1H3,(H,28,33)(H,27,29,30);2-3,6,8,11H,4-5H2,1H3,(H,18,20)(H,22,23);1H,2-4,10H2;1-2H;4*1H4;1H;;;4*1H2/q;;;;;;;;;;2*-1;;;;/t13-,16+;12-,15-;8-,11-;;;;;;;;;;;;;/m000............./s1. The topological polar surface area (TPSA) is 408 Å². The minimum atomic E-state index is -2.95. The Morgan fingerprint density at radius 2 is 0.797 bits per heavy atom. The third-order valence-corrected chi connectivity index (χ3v) is 1840. The van der Waals surface area contributed by atoms with Gasteiger partial charge in [0, 0.05) is 117 Å². The van der Waals surface area contributed by atoms with Gasteiger partial charge in [0.25, 0.3) is 17.7 Å². The first-order chi connectivity index (χ1) is 65.0. The van der Waals surface area contributed by atoms with Crippen LogP contribution in [0.15, 0.2) is 105 Å². The predicted molar refractivity (Wildman–Crippen MR) is 833 cm³/mol. The number of nitrogens with two attached hydrogens (primary N) is 1. The van der Waals surface area contributed by atoms with Crippen LogP contribution in [0.25, 0.3) is 0 Å². The summed E-state index contributed by atoms with van der Waals surface area (Å²) < 4.78 is 120. The van der Waals surface area contributed by atoms with E-state index < -0.39 is 242 Å². The fraction of sp³-hybridized carbons (Fsp3) is 0.455. The largest absolute Gasteiger partial charge is 0.320 e. The van der Waals surface area contributed by atoms with Gasteiger partial charge in [-0.1, -0.05) is 29.7 Å². The van der Waals surface area contributed by atoms with Crippen molar-refractivity contribution in [1.29, 1.82) is 15.8 Å². The number of benzene rings is 3. The molecule has 0 radical (unpaired) electrons. The van der Waals surface area contributed by atoms with Gasteiger partial charge in [0.1, 0.15) is 35.7 Å². The Morgan fingerprint density at radius 3 is 1.07 bits per heavy atom. The number of amides is 6. The van der Waals surface area contributed by atoms with Crippen LogP contribution in [0, 0.1) is 111 Å². The summed E-state index contributed by atoms with van der Waals surface area (Å²) in [7, 11) is -4.54. The predicted octanol–water partition coefficient (Wildman–Crippen LogP) is 30.8. The van der Waals surface area contributed by atoms with Gasteiger partial charge in [-0.2, -0.15) is 106 Å². The van der Waals surface area contributed by atoms with E-state index in [9.17, 15) is 82.7 Å². The summed E-state index contributed by atoms with van der Waals surface area (Å²) in [6, 6.07) is 14.1. The molecule has 148 heavy (non-hydrogen) atoms. The number of aromatic nitrogens is 3. The van der Waals surface area contributed by atoms with Crippen LogP contribution >= 0.6 is 459 Å². The molecule has 71 heteroatoms. The molecular weight excluding hydrogens is 5460 g/mol. The molecule has 6 fully saturated rings. The quantitative estimate of drug-likeness (QED) is 0.0140. The third-order valence-electron chi connectivity index (χ3n) is 20.5. The zero-order valence-electron chi connectivity index (χ0n) is 72.1. The van der Waals surface area contributed by atoms with Crippen molar-refractivity contribution in [1.82, 2.24) is 30.1 Å². The molecule has 3 saturated carbocycles. The van der Waals surface area contributed by atoms with Crippen molar-refractivity contribution < 1.29 is 114 Å². The fourth-order valence-electron chi connectivity index (χ4n) is 14.4. The second-order valence-corrected chi connectivity index (χ2v) is 646. The summed E-state index contributed by atoms with van der Waals surface area (Å²) >= 11 is 49.1. The molecule has 6 atom stereocenters. The van der Waals surface area contributed by atoms with Crippen molar-refractivity contribution in [3.05, 3.63) is 124 Å². The van der Waals surface area contributed by atoms with Gasteiger partial charge in [0.15, 0.2) is 0 Å². The molecule has 5 aliphatic heterocycles. The monoisotopic (exact) mass is 5560 g/mol. The summed E-state index contributed by atoms with van der Waals surface area (Å²) in [6.45, 7) is 6.06. The molecule has 4 aromatic rings. The molecule has 27 nitrogen and oxygen atoms in total. The summed E-state index contributed by atoms with van der Waals surface area (Å²) in [6.07, 6.45) is 11.1. The van der Waals surface area contributed by atoms with Crippen LogP contribution < -0.4 is 48.2 Å². The Balaban J connectivity index is -0.000000857. The number of ketones is 2. The number of carboxylic acids is 1. The number of H-pyrrole nitrogens is 1. The fourth-order valence-corrected chi connectivity index (χ4v) is 3790. The number of carbonyl (C=O) groups is 9. The zero-order valence-corrected chi connectivity index (χ0v) is 142. The van der Waals surface area contributed by atoms with E-state index in [-0.39, 0.29) is 213 Å². The minimum Gasteiger partial charge on any atom is -0.320 e. The van der Waals surface area contributed by atoms with Gasteiger partial charge in [-0.05, 0) is 130 Å². The number of likely N-dealkylation sites (tertiary alicyclic amines) is 3. The van der Waals surface area contributed by atoms with Crippen molar-refractivity contribution in [2.45, 2.75) is 168 Å². The number of alkyl halides is 6. The van der Waals surface area contributed by atoms with Crippen LogP contribution in [0.1, 0.15) is 143 Å². The number of nitrogens with one attached hydrogen (secondary N) is 4. The molecule has 7 N–H and O–H groups in total. The first-order valence-corrected chi connectivity index (χ1v) is 213. The number of rotatable bonds is 27. The Labute approximate surface area is 1100 Å². The average molecular weight is 5560 g/mol. The van der Waals surface area contributed by atoms with E-state index in [1.165, 1.54) is 52.4 Å². The first kappa shape index (κ1) is 165. The molecule has 1 aromatic heterocycles. The first-order valence-electron chi connectivity index (χ1n) is 37.5. The Bertz CT molecular complexity index is 5550. The van der Waals surface area contributed by atoms with Gasteiger partial charge >= 0.3 is 431 Å². The molecule has 852 valence electrons. The maximum absolute atomic E-state index is 13.7. The molecule has 6 heterocycles. The molecule has 3 aliphatic carbocycles. The summed E-state index contributed by atoms with van der Waals surface area (Å²) in [5.74, 6) is -11.0. The molecule has 0 spiro atoms. The molecule has 12 rings (SSSR count). The Hall–Kier alpha value is 11.2. The molecule has 3 saturated heterocycles. The SMILES string of the molecule is C.C.C.C.C#CC#CC#C.C[C@H]1[C@@H](C(=O)Nc2ccc(F)c(C#N)c2)CCN1C(=O)C(=O)CC1(c2cn[nH]n2)CC(F)(F)C1.C[C@H]1[C@@H](C(=O)Nc2ccc(F)c(C#N)c2)CCN1C(=O)C(=O)O.C[C@H]1[C@H](C(=O)Nc2ccc(F)c(C#N)c2)CCN1C(=O)C(=O)CC1(C2=CCN=N2)CC(F)(F)C1.Cl.I[I-]I(I)I(I)I.I[I-]I(I)I(I)I(I)I(I)I(I)I(I)I(I)I(I)I(I)I(I)I.NC1(C2=CCN=N2)CC(F)(F)C1.S.S.S.S. The molecule has 0 unspecified atom stereocenters. The molecule has 3 aromatic carbocycles. The zero-order chi connectivity index (χ0) is 104. The number of hydrogen-bond acceptors (Lipinski definition) is 19. The van der Waals surface area contributed by atoms with Gasteiger partial charge in [-0.25, -0.2) is 44.3 Å². The van der Waals surface area contributed by atoms with Gasteiger partial charge in [0.05, 0.1) is 76.4 Å². The number of anilines is 3. The number of nitrogens with zero attached hydrogens (tertiary/aromatic N) is 12. The van der Waals surface area contributed by atoms with E-state index in [0.717, 1.165) is 23.1 Å². The number of nitriles is 3. The average Bonchev–Trinajstić information content (AvgIpc) is 1.29. The number of aliphatic carboxylic acids is 1. The minimum absolute atomic E-state index is 0. The number of terminal acetylenes is 2. The normalized spacial score (nSPS) is 19.8. The van der Waals surface area contributed by atoms with E-state index in [1.54, 1.807) is 51.1 Å². The van der Waals surface area contributed by atoms with E-state index >= 15 is 0 Å². The van der Waals surface area contributed by atoms with Crippen molar-refractivity contribution >= 4 is 529 Å². The number of hydrogen-bond donors (Lipinski definition) is 6. The Kier molecular flexibility index (Phi) is 90.1. The van der Waals surface area contributed by atoms with E-state index in [2.05, 4.69) is 373 Å². The number of allylic oxidation sites excluding steroid dienone is 1. The third kappa shape index (κ3) is 50.6. The summed E-state index contributed by atoms with van der Waals surface area (Å²) in [5, 5.41) is 68.1. The number of aromatic amines is 1. The molecule has 8 aliphatic rings. The van der Waals surface area contributed by atoms with E-state index in [4.69, 9.17) is 39.5 Å². The van der Waals surface area contributed by atoms with Gasteiger partial charge in [-0.15, -0.1) is 25.3 Å². The number of carbonyl (C=O) groups excluding carboxylic acids is 8. The number of Topliss-reactive ketones (excluding diaryl/α,β-unsaturated/α-hetero) is 2. The van der Waals surface area contributed by atoms with Crippen LogP contribution in [-0.2, 0) is 48.6 Å². The van der Waals surface area contributed by atoms with Gasteiger partial charge < -0.3 is 41.5 Å². The molecular formula is C77H93ClF9I30N17O10S4-2. The maximum Gasteiger partial charge on any atom is 0.252 e. The van der Waals surface area contributed by atoms with Crippen LogP contribution in [0.4, 0.5) is 56.6 Å². The van der Waals surface area contributed by atoms with Gasteiger partial charge in [0.2, 0.25) is 41.1 Å². The molecule has 6 amide bonds.